The highest BCUT2D eigenvalue weighted by Gasteiger charge is 2.56. The third kappa shape index (κ3) is 2.98. The van der Waals surface area contributed by atoms with Gasteiger partial charge in [-0.2, -0.15) is 0 Å². The summed E-state index contributed by atoms with van der Waals surface area (Å²) in [6.07, 6.45) is 2.02. The molecule has 0 radical (unpaired) electrons. The molecule has 2 saturated heterocycles. The lowest BCUT2D eigenvalue weighted by Gasteiger charge is -2.29. The van der Waals surface area contributed by atoms with Gasteiger partial charge in [0.1, 0.15) is 24.5 Å². The predicted molar refractivity (Wildman–Crippen MR) is 80.6 cm³/mol. The third-order valence-electron chi connectivity index (χ3n) is 3.97. The van der Waals surface area contributed by atoms with Crippen molar-refractivity contribution in [3.63, 3.8) is 0 Å². The number of fused-ring (bicyclic) bond motifs is 1. The standard InChI is InChI=1S/C16H22N2O5/c1-9(2)17-14(19)12-13-11(22-16(3,4)23-13)7-18(12)15(20)10-5-6-21-8-10/h5-6,8-9,11-13H,7H2,1-4H3,(H,17,19)/t11-,12-,13-/m0/s1. The van der Waals surface area contributed by atoms with E-state index in [2.05, 4.69) is 5.32 Å². The topological polar surface area (TPSA) is 81.0 Å². The molecule has 7 nitrogen and oxygen atoms in total. The van der Waals surface area contributed by atoms with Crippen LogP contribution in [0.15, 0.2) is 23.0 Å². The molecule has 126 valence electrons. The first-order valence-corrected chi connectivity index (χ1v) is 7.77. The van der Waals surface area contributed by atoms with Crippen molar-refractivity contribution in [2.45, 2.75) is 57.8 Å². The second kappa shape index (κ2) is 5.65. The number of likely N-dealkylation sites (tertiary alicyclic amines) is 1. The SMILES string of the molecule is CC(C)NC(=O)[C@@H]1[C@H]2OC(C)(C)O[C@H]2CN1C(=O)c1ccoc1. The summed E-state index contributed by atoms with van der Waals surface area (Å²) in [6, 6.07) is 0.841. The van der Waals surface area contributed by atoms with Gasteiger partial charge in [0.2, 0.25) is 5.91 Å². The monoisotopic (exact) mass is 322 g/mol. The highest BCUT2D eigenvalue weighted by molar-refractivity contribution is 5.98. The molecular weight excluding hydrogens is 300 g/mol. The normalized spacial score (nSPS) is 28.9. The van der Waals surface area contributed by atoms with E-state index in [1.807, 2.05) is 27.7 Å². The van der Waals surface area contributed by atoms with Crippen LogP contribution in [-0.2, 0) is 14.3 Å². The smallest absolute Gasteiger partial charge is 0.257 e. The number of amides is 2. The largest absolute Gasteiger partial charge is 0.472 e. The Bertz CT molecular complexity index is 596. The van der Waals surface area contributed by atoms with Crippen LogP contribution in [0.1, 0.15) is 38.1 Å². The van der Waals surface area contributed by atoms with Gasteiger partial charge in [-0.25, -0.2) is 0 Å². The van der Waals surface area contributed by atoms with E-state index in [0.29, 0.717) is 12.1 Å². The van der Waals surface area contributed by atoms with Gasteiger partial charge in [-0.05, 0) is 33.8 Å². The Hall–Kier alpha value is -1.86. The Morgan fingerprint density at radius 2 is 2.09 bits per heavy atom. The Morgan fingerprint density at radius 1 is 1.35 bits per heavy atom. The number of carbonyl (C=O) groups is 2. The van der Waals surface area contributed by atoms with E-state index in [-0.39, 0.29) is 24.0 Å². The summed E-state index contributed by atoms with van der Waals surface area (Å²) < 4.78 is 16.7. The number of ether oxygens (including phenoxy) is 2. The Labute approximate surface area is 134 Å². The number of furan rings is 1. The van der Waals surface area contributed by atoms with Crippen LogP contribution in [0.25, 0.3) is 0 Å². The van der Waals surface area contributed by atoms with Crippen molar-refractivity contribution in [1.82, 2.24) is 10.2 Å². The predicted octanol–water partition coefficient (Wildman–Crippen LogP) is 1.15. The third-order valence-corrected chi connectivity index (χ3v) is 3.97. The molecule has 23 heavy (non-hydrogen) atoms. The summed E-state index contributed by atoms with van der Waals surface area (Å²) in [7, 11) is 0. The molecule has 2 aliphatic heterocycles. The second-order valence-corrected chi connectivity index (χ2v) is 6.72. The van der Waals surface area contributed by atoms with E-state index in [4.69, 9.17) is 13.9 Å². The zero-order chi connectivity index (χ0) is 16.8. The molecule has 3 heterocycles. The molecule has 2 fully saturated rings. The van der Waals surface area contributed by atoms with Gasteiger partial charge in [-0.1, -0.05) is 0 Å². The van der Waals surface area contributed by atoms with E-state index < -0.39 is 17.9 Å². The highest BCUT2D eigenvalue weighted by atomic mass is 16.8. The molecule has 0 unspecified atom stereocenters. The molecule has 1 aromatic rings. The van der Waals surface area contributed by atoms with Crippen LogP contribution >= 0.6 is 0 Å². The minimum absolute atomic E-state index is 0.0252. The van der Waals surface area contributed by atoms with Gasteiger partial charge in [-0.15, -0.1) is 0 Å². The summed E-state index contributed by atoms with van der Waals surface area (Å²) in [6.45, 7) is 7.69. The molecule has 1 aromatic heterocycles. The fourth-order valence-corrected chi connectivity index (χ4v) is 3.18. The average molecular weight is 322 g/mol. The van der Waals surface area contributed by atoms with Gasteiger partial charge in [0.05, 0.1) is 18.4 Å². The molecule has 0 aliphatic carbocycles. The fraction of sp³-hybridized carbons (Fsp3) is 0.625. The first-order chi connectivity index (χ1) is 10.8. The fourth-order valence-electron chi connectivity index (χ4n) is 3.18. The maximum atomic E-state index is 12.7. The average Bonchev–Trinajstić information content (AvgIpc) is 3.09. The molecule has 2 amide bonds. The van der Waals surface area contributed by atoms with Gasteiger partial charge in [0.25, 0.3) is 5.91 Å². The molecule has 7 heteroatoms. The lowest BCUT2D eigenvalue weighted by molar-refractivity contribution is -0.162. The van der Waals surface area contributed by atoms with Crippen molar-refractivity contribution in [1.29, 1.82) is 0 Å². The first kappa shape index (κ1) is 16.0. The van der Waals surface area contributed by atoms with Crippen LogP contribution < -0.4 is 5.32 Å². The minimum atomic E-state index is -0.754. The molecule has 3 rings (SSSR count). The number of hydrogen-bond acceptors (Lipinski definition) is 5. The van der Waals surface area contributed by atoms with Crippen molar-refractivity contribution < 1.29 is 23.5 Å². The van der Waals surface area contributed by atoms with Gasteiger partial charge in [-0.3, -0.25) is 9.59 Å². The van der Waals surface area contributed by atoms with Gasteiger partial charge < -0.3 is 24.1 Å². The van der Waals surface area contributed by atoms with E-state index in [9.17, 15) is 9.59 Å². The van der Waals surface area contributed by atoms with Crippen molar-refractivity contribution in [2.24, 2.45) is 0 Å². The maximum Gasteiger partial charge on any atom is 0.257 e. The molecule has 1 N–H and O–H groups in total. The second-order valence-electron chi connectivity index (χ2n) is 6.72. The lowest BCUT2D eigenvalue weighted by atomic mass is 10.1. The number of nitrogens with one attached hydrogen (secondary N) is 1. The molecule has 0 saturated carbocycles. The number of hydrogen-bond donors (Lipinski definition) is 1. The van der Waals surface area contributed by atoms with E-state index >= 15 is 0 Å². The van der Waals surface area contributed by atoms with E-state index in [0.717, 1.165) is 0 Å². The van der Waals surface area contributed by atoms with E-state index in [1.165, 1.54) is 17.4 Å². The minimum Gasteiger partial charge on any atom is -0.472 e. The van der Waals surface area contributed by atoms with Crippen LogP contribution in [-0.4, -0.2) is 53.3 Å². The molecule has 2 aliphatic rings. The van der Waals surface area contributed by atoms with Crippen molar-refractivity contribution in [3.8, 4) is 0 Å². The van der Waals surface area contributed by atoms with Gasteiger partial charge >= 0.3 is 0 Å². The number of rotatable bonds is 3. The van der Waals surface area contributed by atoms with Crippen molar-refractivity contribution >= 4 is 11.8 Å². The molecule has 3 atom stereocenters. The Morgan fingerprint density at radius 3 is 2.70 bits per heavy atom. The maximum absolute atomic E-state index is 12.7. The summed E-state index contributed by atoms with van der Waals surface area (Å²) in [4.78, 5) is 26.8. The molecular formula is C16H22N2O5. The molecule has 0 aromatic carbocycles. The van der Waals surface area contributed by atoms with Gasteiger partial charge in [0.15, 0.2) is 5.79 Å². The van der Waals surface area contributed by atoms with Crippen LogP contribution in [0.2, 0.25) is 0 Å². The lowest BCUT2D eigenvalue weighted by Crippen LogP contribution is -2.52. The number of nitrogens with zero attached hydrogens (tertiary/aromatic N) is 1. The van der Waals surface area contributed by atoms with Crippen LogP contribution in [0.3, 0.4) is 0 Å². The molecule has 0 spiro atoms. The summed E-state index contributed by atoms with van der Waals surface area (Å²) in [5.41, 5.74) is 0.409. The van der Waals surface area contributed by atoms with Crippen molar-refractivity contribution in [2.75, 3.05) is 6.54 Å². The first-order valence-electron chi connectivity index (χ1n) is 7.77. The highest BCUT2D eigenvalue weighted by Crippen LogP contribution is 2.37. The van der Waals surface area contributed by atoms with Crippen LogP contribution in [0, 0.1) is 0 Å². The Kier molecular flexibility index (Phi) is 3.93. The van der Waals surface area contributed by atoms with Gasteiger partial charge in [0, 0.05) is 6.04 Å². The summed E-state index contributed by atoms with van der Waals surface area (Å²) in [5.74, 6) is -1.25. The number of carbonyl (C=O) groups excluding carboxylic acids is 2. The summed E-state index contributed by atoms with van der Waals surface area (Å²) in [5, 5.41) is 2.86. The van der Waals surface area contributed by atoms with E-state index in [1.54, 1.807) is 6.07 Å². The zero-order valence-electron chi connectivity index (χ0n) is 13.7. The van der Waals surface area contributed by atoms with Crippen molar-refractivity contribution in [3.05, 3.63) is 24.2 Å². The quantitative estimate of drug-likeness (QED) is 0.903. The van der Waals surface area contributed by atoms with Crippen LogP contribution in [0.4, 0.5) is 0 Å². The molecule has 0 bridgehead atoms. The Balaban J connectivity index is 1.87. The summed E-state index contributed by atoms with van der Waals surface area (Å²) >= 11 is 0. The van der Waals surface area contributed by atoms with Crippen LogP contribution in [0.5, 0.6) is 0 Å². The zero-order valence-corrected chi connectivity index (χ0v) is 13.7.